The molecular formula is C27H32N2O4S. The number of aryl methyl sites for hydroxylation is 5. The normalized spacial score (nSPS) is 11.2. The van der Waals surface area contributed by atoms with Gasteiger partial charge in [-0.3, -0.25) is 9.10 Å². The molecule has 0 saturated carbocycles. The molecule has 0 aliphatic rings. The number of hydrogen-bond donors (Lipinski definition) is 1. The molecule has 0 unspecified atom stereocenters. The largest absolute Gasteiger partial charge is 0.491 e. The molecule has 1 N–H and O–H groups in total. The fourth-order valence-corrected chi connectivity index (χ4v) is 5.11. The summed E-state index contributed by atoms with van der Waals surface area (Å²) in [7, 11) is -3.94. The third kappa shape index (κ3) is 6.17. The van der Waals surface area contributed by atoms with Crippen molar-refractivity contribution in [1.82, 2.24) is 5.32 Å². The Bertz CT molecular complexity index is 1270. The number of carbonyl (C=O) groups excluding carboxylic acids is 1. The van der Waals surface area contributed by atoms with Crippen LogP contribution in [0.25, 0.3) is 0 Å². The number of anilines is 1. The molecule has 6 nitrogen and oxygen atoms in total. The number of sulfonamides is 1. The maximum Gasteiger partial charge on any atom is 0.264 e. The summed E-state index contributed by atoms with van der Waals surface area (Å²) < 4.78 is 34.0. The molecule has 0 radical (unpaired) electrons. The number of amides is 1. The van der Waals surface area contributed by atoms with Crippen molar-refractivity contribution in [2.75, 3.05) is 24.0 Å². The Morgan fingerprint density at radius 1 is 0.824 bits per heavy atom. The lowest BCUT2D eigenvalue weighted by molar-refractivity contribution is -0.119. The number of nitrogens with one attached hydrogen (secondary N) is 1. The highest BCUT2D eigenvalue weighted by Crippen LogP contribution is 2.27. The molecule has 0 fully saturated rings. The summed E-state index contributed by atoms with van der Waals surface area (Å²) in [5.41, 5.74) is 5.34. The van der Waals surface area contributed by atoms with Gasteiger partial charge in [-0.05, 0) is 75.6 Å². The van der Waals surface area contributed by atoms with Crippen LogP contribution in [0.5, 0.6) is 5.75 Å². The molecule has 3 aromatic rings. The van der Waals surface area contributed by atoms with Gasteiger partial charge in [0.2, 0.25) is 5.91 Å². The number of benzene rings is 3. The van der Waals surface area contributed by atoms with Gasteiger partial charge in [-0.1, -0.05) is 47.5 Å². The zero-order chi connectivity index (χ0) is 24.9. The standard InChI is InChI=1S/C27H32N2O4S/c1-19-7-11-24(12-8-19)34(31,32)29(25-13-9-20(2)16-23(25)5)18-27(30)28-14-15-33-26-17-21(3)6-10-22(26)4/h6-13,16-17H,14-15,18H2,1-5H3,(H,28,30). The number of carbonyl (C=O) groups is 1. The first kappa shape index (κ1) is 25.3. The molecule has 3 aromatic carbocycles. The van der Waals surface area contributed by atoms with Gasteiger partial charge < -0.3 is 10.1 Å². The Morgan fingerprint density at radius 3 is 2.12 bits per heavy atom. The summed E-state index contributed by atoms with van der Waals surface area (Å²) >= 11 is 0. The van der Waals surface area contributed by atoms with E-state index in [4.69, 9.17) is 4.74 Å². The van der Waals surface area contributed by atoms with Crippen LogP contribution < -0.4 is 14.4 Å². The fourth-order valence-electron chi connectivity index (χ4n) is 3.62. The first-order chi connectivity index (χ1) is 16.1. The smallest absolute Gasteiger partial charge is 0.264 e. The third-order valence-electron chi connectivity index (χ3n) is 5.54. The highest BCUT2D eigenvalue weighted by Gasteiger charge is 2.28. The average Bonchev–Trinajstić information content (AvgIpc) is 2.78. The van der Waals surface area contributed by atoms with E-state index in [1.807, 2.05) is 65.0 Å². The topological polar surface area (TPSA) is 75.7 Å². The summed E-state index contributed by atoms with van der Waals surface area (Å²) in [5.74, 6) is 0.369. The number of hydrogen-bond acceptors (Lipinski definition) is 4. The lowest BCUT2D eigenvalue weighted by Crippen LogP contribution is -2.42. The molecule has 0 atom stereocenters. The molecule has 0 bridgehead atoms. The van der Waals surface area contributed by atoms with E-state index in [0.29, 0.717) is 5.69 Å². The number of rotatable bonds is 9. The fraction of sp³-hybridized carbons (Fsp3) is 0.296. The minimum Gasteiger partial charge on any atom is -0.491 e. The van der Waals surface area contributed by atoms with Gasteiger partial charge in [-0.15, -0.1) is 0 Å². The van der Waals surface area contributed by atoms with Crippen LogP contribution in [-0.4, -0.2) is 34.0 Å². The van der Waals surface area contributed by atoms with E-state index in [0.717, 1.165) is 33.6 Å². The van der Waals surface area contributed by atoms with Gasteiger partial charge in [-0.25, -0.2) is 8.42 Å². The van der Waals surface area contributed by atoms with E-state index in [1.165, 1.54) is 4.31 Å². The van der Waals surface area contributed by atoms with Crippen molar-refractivity contribution in [1.29, 1.82) is 0 Å². The first-order valence-electron chi connectivity index (χ1n) is 11.2. The van der Waals surface area contributed by atoms with E-state index in [-0.39, 0.29) is 24.6 Å². The molecule has 180 valence electrons. The molecule has 0 heterocycles. The van der Waals surface area contributed by atoms with Crippen LogP contribution in [-0.2, 0) is 14.8 Å². The van der Waals surface area contributed by atoms with Crippen molar-refractivity contribution >= 4 is 21.6 Å². The summed E-state index contributed by atoms with van der Waals surface area (Å²) in [4.78, 5) is 12.9. The van der Waals surface area contributed by atoms with Gasteiger partial charge in [0, 0.05) is 0 Å². The van der Waals surface area contributed by atoms with Crippen LogP contribution in [0, 0.1) is 34.6 Å². The summed E-state index contributed by atoms with van der Waals surface area (Å²) in [6.45, 7) is 9.85. The van der Waals surface area contributed by atoms with E-state index in [2.05, 4.69) is 5.32 Å². The molecule has 0 saturated heterocycles. The molecule has 7 heteroatoms. The van der Waals surface area contributed by atoms with Crippen molar-refractivity contribution in [2.45, 2.75) is 39.5 Å². The second-order valence-electron chi connectivity index (χ2n) is 8.58. The van der Waals surface area contributed by atoms with Crippen molar-refractivity contribution in [3.05, 3.63) is 88.5 Å². The second kappa shape index (κ2) is 10.7. The van der Waals surface area contributed by atoms with E-state index < -0.39 is 15.9 Å². The first-order valence-corrected chi connectivity index (χ1v) is 12.7. The summed E-state index contributed by atoms with van der Waals surface area (Å²) in [5, 5.41) is 2.78. The van der Waals surface area contributed by atoms with E-state index >= 15 is 0 Å². The van der Waals surface area contributed by atoms with Crippen LogP contribution in [0.3, 0.4) is 0 Å². The van der Waals surface area contributed by atoms with Gasteiger partial charge >= 0.3 is 0 Å². The highest BCUT2D eigenvalue weighted by atomic mass is 32.2. The predicted molar refractivity (Wildman–Crippen MR) is 136 cm³/mol. The van der Waals surface area contributed by atoms with E-state index in [1.54, 1.807) is 30.3 Å². The van der Waals surface area contributed by atoms with Crippen LogP contribution in [0.4, 0.5) is 5.69 Å². The Kier molecular flexibility index (Phi) is 7.99. The predicted octanol–water partition coefficient (Wildman–Crippen LogP) is 4.62. The zero-order valence-corrected chi connectivity index (χ0v) is 21.2. The quantitative estimate of drug-likeness (QED) is 0.454. The summed E-state index contributed by atoms with van der Waals surface area (Å²) in [6, 6.07) is 18.1. The van der Waals surface area contributed by atoms with Crippen LogP contribution in [0.15, 0.2) is 65.6 Å². The van der Waals surface area contributed by atoms with Gasteiger partial charge in [0.25, 0.3) is 10.0 Å². The molecule has 34 heavy (non-hydrogen) atoms. The minimum absolute atomic E-state index is 0.143. The van der Waals surface area contributed by atoms with Crippen molar-refractivity contribution < 1.29 is 17.9 Å². The molecular weight excluding hydrogens is 448 g/mol. The van der Waals surface area contributed by atoms with Gasteiger partial charge in [0.1, 0.15) is 18.9 Å². The van der Waals surface area contributed by atoms with Crippen molar-refractivity contribution in [3.63, 3.8) is 0 Å². The SMILES string of the molecule is Cc1ccc(S(=O)(=O)N(CC(=O)NCCOc2cc(C)ccc2C)c2ccc(C)cc2C)cc1. The lowest BCUT2D eigenvalue weighted by atomic mass is 10.1. The van der Waals surface area contributed by atoms with Gasteiger partial charge in [0.05, 0.1) is 17.1 Å². The number of nitrogens with zero attached hydrogens (tertiary/aromatic N) is 1. The Labute approximate surface area is 202 Å². The summed E-state index contributed by atoms with van der Waals surface area (Å²) in [6.07, 6.45) is 0. The maximum atomic E-state index is 13.5. The number of ether oxygens (including phenoxy) is 1. The van der Waals surface area contributed by atoms with E-state index in [9.17, 15) is 13.2 Å². The third-order valence-corrected chi connectivity index (χ3v) is 7.32. The molecule has 3 rings (SSSR count). The van der Waals surface area contributed by atoms with Crippen LogP contribution >= 0.6 is 0 Å². The van der Waals surface area contributed by atoms with Gasteiger partial charge in [-0.2, -0.15) is 0 Å². The Hall–Kier alpha value is -3.32. The monoisotopic (exact) mass is 480 g/mol. The van der Waals surface area contributed by atoms with Gasteiger partial charge in [0.15, 0.2) is 0 Å². The van der Waals surface area contributed by atoms with Crippen molar-refractivity contribution in [2.24, 2.45) is 0 Å². The molecule has 0 aromatic heterocycles. The maximum absolute atomic E-state index is 13.5. The Morgan fingerprint density at radius 2 is 1.44 bits per heavy atom. The molecule has 0 spiro atoms. The minimum atomic E-state index is -3.94. The lowest BCUT2D eigenvalue weighted by Gasteiger charge is -2.26. The molecule has 0 aliphatic carbocycles. The van der Waals surface area contributed by atoms with Crippen molar-refractivity contribution in [3.8, 4) is 5.75 Å². The highest BCUT2D eigenvalue weighted by molar-refractivity contribution is 7.92. The molecule has 1 amide bonds. The Balaban J connectivity index is 1.75. The zero-order valence-electron chi connectivity index (χ0n) is 20.4. The van der Waals surface area contributed by atoms with Crippen LogP contribution in [0.2, 0.25) is 0 Å². The second-order valence-corrected chi connectivity index (χ2v) is 10.4. The van der Waals surface area contributed by atoms with Crippen LogP contribution in [0.1, 0.15) is 27.8 Å². The average molecular weight is 481 g/mol. The molecule has 0 aliphatic heterocycles.